The minimum absolute atomic E-state index is 0.0319. The van der Waals surface area contributed by atoms with Gasteiger partial charge in [0.05, 0.1) is 25.5 Å². The second kappa shape index (κ2) is 9.88. The van der Waals surface area contributed by atoms with Gasteiger partial charge in [0, 0.05) is 31.5 Å². The van der Waals surface area contributed by atoms with Crippen LogP contribution in [0.3, 0.4) is 0 Å². The molecule has 0 N–H and O–H groups in total. The third kappa shape index (κ3) is 4.37. The topological polar surface area (TPSA) is 102 Å². The van der Waals surface area contributed by atoms with Crippen LogP contribution in [-0.2, 0) is 21.7 Å². The van der Waals surface area contributed by atoms with Crippen LogP contribution >= 0.6 is 0 Å². The Kier molecular flexibility index (Phi) is 6.60. The summed E-state index contributed by atoms with van der Waals surface area (Å²) in [7, 11) is 1.55. The molecule has 11 heteroatoms. The molecular formula is C27H26F2N4O5. The molecule has 2 atom stereocenters. The van der Waals surface area contributed by atoms with E-state index < -0.39 is 23.2 Å². The Bertz CT molecular complexity index is 1500. The molecule has 2 unspecified atom stereocenters. The van der Waals surface area contributed by atoms with E-state index in [1.54, 1.807) is 37.8 Å². The van der Waals surface area contributed by atoms with E-state index in [9.17, 15) is 13.6 Å². The SMILES string of the molecule is CCOC(=O)C1(Oc2ccc(F)c(F)c2)CC(C)Cn2c(-c3ccc(-c4cnc(C)o4)c(OC)c3)nnc21. The first-order chi connectivity index (χ1) is 18.3. The second-order valence-corrected chi connectivity index (χ2v) is 9.15. The van der Waals surface area contributed by atoms with Gasteiger partial charge in [-0.3, -0.25) is 0 Å². The number of aryl methyl sites for hydroxylation is 1. The zero-order valence-corrected chi connectivity index (χ0v) is 21.3. The van der Waals surface area contributed by atoms with Gasteiger partial charge >= 0.3 is 5.97 Å². The third-order valence-electron chi connectivity index (χ3n) is 6.38. The molecule has 0 bridgehead atoms. The fourth-order valence-corrected chi connectivity index (χ4v) is 4.76. The van der Waals surface area contributed by atoms with E-state index in [-0.39, 0.29) is 30.5 Å². The first-order valence-corrected chi connectivity index (χ1v) is 12.1. The summed E-state index contributed by atoms with van der Waals surface area (Å²) in [4.78, 5) is 17.6. The second-order valence-electron chi connectivity index (χ2n) is 9.15. The van der Waals surface area contributed by atoms with Gasteiger partial charge in [0.15, 0.2) is 34.9 Å². The molecule has 38 heavy (non-hydrogen) atoms. The van der Waals surface area contributed by atoms with Crippen LogP contribution in [0.25, 0.3) is 22.7 Å². The molecule has 1 aliphatic heterocycles. The fourth-order valence-electron chi connectivity index (χ4n) is 4.76. The predicted octanol–water partition coefficient (Wildman–Crippen LogP) is 5.07. The molecule has 4 aromatic rings. The van der Waals surface area contributed by atoms with Gasteiger partial charge in [-0.1, -0.05) is 13.0 Å². The van der Waals surface area contributed by atoms with Gasteiger partial charge in [-0.15, -0.1) is 10.2 Å². The molecule has 198 valence electrons. The number of carbonyl (C=O) groups excluding carboxylic acids is 1. The van der Waals surface area contributed by atoms with Crippen LogP contribution in [0.5, 0.6) is 11.5 Å². The van der Waals surface area contributed by atoms with Crippen molar-refractivity contribution in [3.63, 3.8) is 0 Å². The standard InChI is InChI=1S/C27H26F2N4O5/c1-5-36-26(34)27(38-18-7-9-20(28)21(29)11-18)12-15(2)14-33-24(31-32-25(27)33)17-6-8-19(22(10-17)35-4)23-13-30-16(3)37-23/h6-11,13,15H,5,12,14H2,1-4H3. The van der Waals surface area contributed by atoms with Crippen molar-refractivity contribution >= 4 is 5.97 Å². The van der Waals surface area contributed by atoms with E-state index in [0.29, 0.717) is 40.9 Å². The van der Waals surface area contributed by atoms with Crippen molar-refractivity contribution in [3.8, 4) is 34.2 Å². The van der Waals surface area contributed by atoms with Crippen molar-refractivity contribution in [2.24, 2.45) is 5.92 Å². The normalized spacial score (nSPS) is 18.6. The van der Waals surface area contributed by atoms with Crippen LogP contribution in [0.15, 0.2) is 47.0 Å². The number of hydrogen-bond acceptors (Lipinski definition) is 8. The highest BCUT2D eigenvalue weighted by Gasteiger charge is 2.53. The highest BCUT2D eigenvalue weighted by Crippen LogP contribution is 2.42. The molecule has 0 fully saturated rings. The molecule has 9 nitrogen and oxygen atoms in total. The lowest BCUT2D eigenvalue weighted by molar-refractivity contribution is -0.167. The Balaban J connectivity index is 1.61. The largest absolute Gasteiger partial charge is 0.496 e. The smallest absolute Gasteiger partial charge is 0.358 e. The van der Waals surface area contributed by atoms with Crippen molar-refractivity contribution in [2.45, 2.75) is 39.3 Å². The summed E-state index contributed by atoms with van der Waals surface area (Å²) in [6.45, 7) is 5.97. The molecule has 0 spiro atoms. The Labute approximate surface area is 217 Å². The number of fused-ring (bicyclic) bond motifs is 1. The Hall–Kier alpha value is -4.28. The summed E-state index contributed by atoms with van der Waals surface area (Å²) in [6.07, 6.45) is 1.83. The van der Waals surface area contributed by atoms with Crippen molar-refractivity contribution in [1.82, 2.24) is 19.7 Å². The minimum Gasteiger partial charge on any atom is -0.496 e. The number of nitrogens with zero attached hydrogens (tertiary/aromatic N) is 4. The van der Waals surface area contributed by atoms with Crippen molar-refractivity contribution < 1.29 is 32.2 Å². The quantitative estimate of drug-likeness (QED) is 0.309. The van der Waals surface area contributed by atoms with E-state index in [1.165, 1.54) is 6.07 Å². The number of methoxy groups -OCH3 is 1. The number of hydrogen-bond donors (Lipinski definition) is 0. The summed E-state index contributed by atoms with van der Waals surface area (Å²) in [6, 6.07) is 8.57. The number of rotatable bonds is 7. The minimum atomic E-state index is -1.72. The average molecular weight is 525 g/mol. The molecule has 0 saturated heterocycles. The first kappa shape index (κ1) is 25.4. The molecule has 5 rings (SSSR count). The maximum Gasteiger partial charge on any atom is 0.358 e. The lowest BCUT2D eigenvalue weighted by atomic mass is 9.86. The van der Waals surface area contributed by atoms with Crippen LogP contribution in [-0.4, -0.2) is 39.4 Å². The van der Waals surface area contributed by atoms with E-state index in [0.717, 1.165) is 12.1 Å². The summed E-state index contributed by atoms with van der Waals surface area (Å²) < 4.78 is 52.1. The summed E-state index contributed by atoms with van der Waals surface area (Å²) in [5.41, 5.74) is -0.323. The van der Waals surface area contributed by atoms with Crippen LogP contribution < -0.4 is 9.47 Å². The van der Waals surface area contributed by atoms with Crippen molar-refractivity contribution in [2.75, 3.05) is 13.7 Å². The predicted molar refractivity (Wildman–Crippen MR) is 131 cm³/mol. The van der Waals surface area contributed by atoms with Gasteiger partial charge < -0.3 is 23.2 Å². The molecule has 1 aliphatic rings. The van der Waals surface area contributed by atoms with Crippen LogP contribution in [0.1, 0.15) is 32.0 Å². The van der Waals surface area contributed by atoms with Gasteiger partial charge in [0.25, 0.3) is 5.60 Å². The lowest BCUT2D eigenvalue weighted by Crippen LogP contribution is -2.49. The first-order valence-electron chi connectivity index (χ1n) is 12.1. The average Bonchev–Trinajstić information content (AvgIpc) is 3.52. The van der Waals surface area contributed by atoms with Gasteiger partial charge in [0.1, 0.15) is 11.5 Å². The molecule has 0 aliphatic carbocycles. The lowest BCUT2D eigenvalue weighted by Gasteiger charge is -2.37. The van der Waals surface area contributed by atoms with Crippen LogP contribution in [0.2, 0.25) is 0 Å². The molecule has 3 heterocycles. The summed E-state index contributed by atoms with van der Waals surface area (Å²) in [5, 5.41) is 8.75. The van der Waals surface area contributed by atoms with Crippen molar-refractivity contribution in [1.29, 1.82) is 0 Å². The molecule has 2 aromatic carbocycles. The fraction of sp³-hybridized carbons (Fsp3) is 0.333. The highest BCUT2D eigenvalue weighted by atomic mass is 19.2. The number of halogens is 2. The number of esters is 1. The van der Waals surface area contributed by atoms with Crippen molar-refractivity contribution in [3.05, 3.63) is 65.9 Å². The number of ether oxygens (including phenoxy) is 3. The zero-order valence-electron chi connectivity index (χ0n) is 21.3. The zero-order chi connectivity index (χ0) is 27.0. The highest BCUT2D eigenvalue weighted by molar-refractivity contribution is 5.81. The maximum absolute atomic E-state index is 14.0. The Morgan fingerprint density at radius 2 is 2.00 bits per heavy atom. The van der Waals surface area contributed by atoms with E-state index in [2.05, 4.69) is 15.2 Å². The number of carbonyl (C=O) groups is 1. The van der Waals surface area contributed by atoms with Crippen LogP contribution in [0, 0.1) is 24.5 Å². The number of oxazole rings is 1. The summed E-state index contributed by atoms with van der Waals surface area (Å²) in [5.74, 6) is -0.604. The molecule has 2 aromatic heterocycles. The van der Waals surface area contributed by atoms with Gasteiger partial charge in [-0.2, -0.15) is 0 Å². The van der Waals surface area contributed by atoms with E-state index >= 15 is 0 Å². The number of aromatic nitrogens is 4. The third-order valence-corrected chi connectivity index (χ3v) is 6.38. The maximum atomic E-state index is 14.0. The molecule has 0 amide bonds. The van der Waals surface area contributed by atoms with E-state index in [1.807, 2.05) is 19.1 Å². The molecule has 0 saturated carbocycles. The molecular weight excluding hydrogens is 498 g/mol. The van der Waals surface area contributed by atoms with Gasteiger partial charge in [0.2, 0.25) is 0 Å². The van der Waals surface area contributed by atoms with Crippen LogP contribution in [0.4, 0.5) is 8.78 Å². The Morgan fingerprint density at radius 1 is 1.18 bits per heavy atom. The van der Waals surface area contributed by atoms with E-state index in [4.69, 9.17) is 18.6 Å². The summed E-state index contributed by atoms with van der Waals surface area (Å²) >= 11 is 0. The van der Waals surface area contributed by atoms with Gasteiger partial charge in [-0.25, -0.2) is 18.6 Å². The Morgan fingerprint density at radius 3 is 2.68 bits per heavy atom. The number of benzene rings is 2. The van der Waals surface area contributed by atoms with Gasteiger partial charge in [-0.05, 0) is 37.1 Å². The molecule has 0 radical (unpaired) electrons. The monoisotopic (exact) mass is 524 g/mol.